The molecule has 0 saturated carbocycles. The van der Waals surface area contributed by atoms with Gasteiger partial charge in [0.2, 0.25) is 0 Å². The Kier molecular flexibility index (Phi) is 3.71. The van der Waals surface area contributed by atoms with Crippen LogP contribution in [0.5, 0.6) is 0 Å². The standard InChI is InChI=1S/C10H12N2O3S3/c1-6-3-9(17-8(6)4-13)18(14,15)12-10-11-7(2)5-16-10/h3,5,13H,4H2,1-2H3,(H,11,12). The SMILES string of the molecule is Cc1csc(NS(=O)(=O)c2cc(C)c(CO)s2)n1. The number of hydrogen-bond donors (Lipinski definition) is 2. The van der Waals surface area contributed by atoms with Crippen LogP contribution in [0, 0.1) is 13.8 Å². The van der Waals surface area contributed by atoms with Crippen LogP contribution < -0.4 is 4.72 Å². The highest BCUT2D eigenvalue weighted by atomic mass is 32.2. The van der Waals surface area contributed by atoms with Crippen LogP contribution in [-0.2, 0) is 16.6 Å². The second kappa shape index (κ2) is 4.96. The molecule has 0 radical (unpaired) electrons. The van der Waals surface area contributed by atoms with Crippen molar-refractivity contribution in [2.75, 3.05) is 4.72 Å². The summed E-state index contributed by atoms with van der Waals surface area (Å²) in [6.45, 7) is 3.42. The number of rotatable bonds is 4. The summed E-state index contributed by atoms with van der Waals surface area (Å²) in [5.74, 6) is 0. The van der Waals surface area contributed by atoms with Gasteiger partial charge >= 0.3 is 0 Å². The van der Waals surface area contributed by atoms with E-state index in [4.69, 9.17) is 5.11 Å². The molecule has 0 saturated heterocycles. The summed E-state index contributed by atoms with van der Waals surface area (Å²) in [4.78, 5) is 4.71. The molecule has 8 heteroatoms. The zero-order chi connectivity index (χ0) is 13.3. The molecule has 2 N–H and O–H groups in total. The van der Waals surface area contributed by atoms with Crippen molar-refractivity contribution >= 4 is 37.8 Å². The second-order valence-electron chi connectivity index (χ2n) is 3.73. The van der Waals surface area contributed by atoms with E-state index >= 15 is 0 Å². The number of aliphatic hydroxyl groups is 1. The van der Waals surface area contributed by atoms with Gasteiger partial charge in [-0.25, -0.2) is 13.4 Å². The third-order valence-electron chi connectivity index (χ3n) is 2.25. The number of nitrogens with one attached hydrogen (secondary N) is 1. The van der Waals surface area contributed by atoms with E-state index in [0.29, 0.717) is 10.0 Å². The van der Waals surface area contributed by atoms with Gasteiger partial charge in [0.05, 0.1) is 12.3 Å². The van der Waals surface area contributed by atoms with Gasteiger partial charge in [-0.15, -0.1) is 22.7 Å². The molecule has 2 rings (SSSR count). The highest BCUT2D eigenvalue weighted by Crippen LogP contribution is 2.28. The van der Waals surface area contributed by atoms with E-state index < -0.39 is 10.0 Å². The first-order valence-electron chi connectivity index (χ1n) is 5.07. The first-order chi connectivity index (χ1) is 8.42. The summed E-state index contributed by atoms with van der Waals surface area (Å²) in [6.07, 6.45) is 0. The first-order valence-corrected chi connectivity index (χ1v) is 8.25. The Morgan fingerprint density at radius 2 is 2.17 bits per heavy atom. The summed E-state index contributed by atoms with van der Waals surface area (Å²) < 4.78 is 26.8. The Labute approximate surface area is 113 Å². The molecule has 0 amide bonds. The molecule has 0 aliphatic rings. The summed E-state index contributed by atoms with van der Waals surface area (Å²) in [7, 11) is -3.61. The maximum Gasteiger partial charge on any atom is 0.273 e. The molecule has 0 unspecified atom stereocenters. The quantitative estimate of drug-likeness (QED) is 0.906. The Morgan fingerprint density at radius 3 is 2.67 bits per heavy atom. The molecule has 0 aromatic carbocycles. The average molecular weight is 304 g/mol. The molecule has 18 heavy (non-hydrogen) atoms. The van der Waals surface area contributed by atoms with Crippen molar-refractivity contribution in [1.29, 1.82) is 0 Å². The molecule has 0 aliphatic carbocycles. The van der Waals surface area contributed by atoms with Crippen LogP contribution in [0.4, 0.5) is 5.13 Å². The molecule has 0 aliphatic heterocycles. The maximum absolute atomic E-state index is 12.1. The molecule has 0 spiro atoms. The van der Waals surface area contributed by atoms with Crippen molar-refractivity contribution in [2.24, 2.45) is 0 Å². The average Bonchev–Trinajstić information content (AvgIpc) is 2.84. The van der Waals surface area contributed by atoms with Crippen molar-refractivity contribution in [3.63, 3.8) is 0 Å². The zero-order valence-corrected chi connectivity index (χ0v) is 12.2. The van der Waals surface area contributed by atoms with Gasteiger partial charge in [0.25, 0.3) is 10.0 Å². The number of aromatic nitrogens is 1. The molecule has 0 fully saturated rings. The number of sulfonamides is 1. The van der Waals surface area contributed by atoms with Crippen LogP contribution >= 0.6 is 22.7 Å². The van der Waals surface area contributed by atoms with E-state index in [9.17, 15) is 8.42 Å². The molecule has 0 atom stereocenters. The largest absolute Gasteiger partial charge is 0.391 e. The van der Waals surface area contributed by atoms with Crippen molar-refractivity contribution < 1.29 is 13.5 Å². The molecule has 2 heterocycles. The second-order valence-corrected chi connectivity index (χ2v) is 7.63. The van der Waals surface area contributed by atoms with E-state index in [1.54, 1.807) is 25.3 Å². The summed E-state index contributed by atoms with van der Waals surface area (Å²) in [5.41, 5.74) is 1.55. The number of anilines is 1. The van der Waals surface area contributed by atoms with Gasteiger partial charge in [-0.1, -0.05) is 0 Å². The van der Waals surface area contributed by atoms with Gasteiger partial charge in [-0.05, 0) is 25.5 Å². The molecule has 5 nitrogen and oxygen atoms in total. The number of thiophene rings is 1. The van der Waals surface area contributed by atoms with Crippen molar-refractivity contribution in [2.45, 2.75) is 24.7 Å². The van der Waals surface area contributed by atoms with Crippen LogP contribution in [-0.4, -0.2) is 18.5 Å². The Hall–Kier alpha value is -0.960. The Morgan fingerprint density at radius 1 is 1.44 bits per heavy atom. The van der Waals surface area contributed by atoms with Crippen molar-refractivity contribution in [3.05, 3.63) is 27.6 Å². The van der Waals surface area contributed by atoms with E-state index in [-0.39, 0.29) is 10.8 Å². The highest BCUT2D eigenvalue weighted by molar-refractivity contribution is 7.94. The van der Waals surface area contributed by atoms with E-state index in [1.165, 1.54) is 11.3 Å². The molecule has 2 aromatic rings. The Balaban J connectivity index is 2.30. The fourth-order valence-electron chi connectivity index (χ4n) is 1.34. The zero-order valence-electron chi connectivity index (χ0n) is 9.80. The fourth-order valence-corrected chi connectivity index (χ4v) is 4.73. The van der Waals surface area contributed by atoms with Gasteiger partial charge in [0.1, 0.15) is 4.21 Å². The minimum atomic E-state index is -3.61. The fraction of sp³-hybridized carbons (Fsp3) is 0.300. The lowest BCUT2D eigenvalue weighted by molar-refractivity contribution is 0.285. The third-order valence-corrected chi connectivity index (χ3v) is 6.29. The normalized spacial score (nSPS) is 11.7. The topological polar surface area (TPSA) is 79.3 Å². The molecular weight excluding hydrogens is 292 g/mol. The van der Waals surface area contributed by atoms with Gasteiger partial charge < -0.3 is 5.11 Å². The number of nitrogens with zero attached hydrogens (tertiary/aromatic N) is 1. The minimum Gasteiger partial charge on any atom is -0.391 e. The lowest BCUT2D eigenvalue weighted by atomic mass is 10.3. The van der Waals surface area contributed by atoms with Gasteiger partial charge in [-0.2, -0.15) is 0 Å². The maximum atomic E-state index is 12.1. The monoisotopic (exact) mass is 304 g/mol. The van der Waals surface area contributed by atoms with Crippen molar-refractivity contribution in [3.8, 4) is 0 Å². The lowest BCUT2D eigenvalue weighted by Gasteiger charge is -2.01. The predicted octanol–water partition coefficient (Wildman–Crippen LogP) is 2.11. The molecule has 0 bridgehead atoms. The number of aliphatic hydroxyl groups excluding tert-OH is 1. The van der Waals surface area contributed by atoms with Gasteiger partial charge in [-0.3, -0.25) is 4.72 Å². The van der Waals surface area contributed by atoms with Crippen LogP contribution in [0.1, 0.15) is 16.1 Å². The number of aryl methyl sites for hydroxylation is 2. The van der Waals surface area contributed by atoms with E-state index in [2.05, 4.69) is 9.71 Å². The number of thiazole rings is 1. The first kappa shape index (κ1) is 13.5. The van der Waals surface area contributed by atoms with Gasteiger partial charge in [0, 0.05) is 10.3 Å². The summed E-state index contributed by atoms with van der Waals surface area (Å²) in [5, 5.41) is 11.2. The van der Waals surface area contributed by atoms with Crippen LogP contribution in [0.2, 0.25) is 0 Å². The lowest BCUT2D eigenvalue weighted by Crippen LogP contribution is -2.11. The van der Waals surface area contributed by atoms with Crippen LogP contribution in [0.25, 0.3) is 0 Å². The smallest absolute Gasteiger partial charge is 0.273 e. The third kappa shape index (κ3) is 2.72. The summed E-state index contributed by atoms with van der Waals surface area (Å²) in [6, 6.07) is 1.55. The van der Waals surface area contributed by atoms with Crippen LogP contribution in [0.15, 0.2) is 15.7 Å². The predicted molar refractivity (Wildman–Crippen MR) is 72.6 cm³/mol. The Bertz CT molecular complexity index is 658. The molecule has 98 valence electrons. The van der Waals surface area contributed by atoms with Gasteiger partial charge in [0.15, 0.2) is 5.13 Å². The number of hydrogen-bond acceptors (Lipinski definition) is 6. The van der Waals surface area contributed by atoms with Crippen LogP contribution in [0.3, 0.4) is 0 Å². The van der Waals surface area contributed by atoms with E-state index in [1.807, 2.05) is 0 Å². The van der Waals surface area contributed by atoms with Crippen molar-refractivity contribution in [1.82, 2.24) is 4.98 Å². The molecule has 2 aromatic heterocycles. The minimum absolute atomic E-state index is 0.150. The highest BCUT2D eigenvalue weighted by Gasteiger charge is 2.19. The summed E-state index contributed by atoms with van der Waals surface area (Å²) >= 11 is 2.31. The van der Waals surface area contributed by atoms with E-state index in [0.717, 1.165) is 22.6 Å². The molecular formula is C10H12N2O3S3.